The first-order chi connectivity index (χ1) is 7.20. The van der Waals surface area contributed by atoms with Crippen LogP contribution in [0.2, 0.25) is 0 Å². The van der Waals surface area contributed by atoms with Crippen LogP contribution >= 0.6 is 11.8 Å². The zero-order valence-corrected chi connectivity index (χ0v) is 9.00. The normalized spacial score (nSPS) is 9.33. The predicted molar refractivity (Wildman–Crippen MR) is 59.5 cm³/mol. The van der Waals surface area contributed by atoms with E-state index in [1.165, 1.54) is 11.8 Å². The molecule has 15 heavy (non-hydrogen) atoms. The van der Waals surface area contributed by atoms with Crippen molar-refractivity contribution in [2.45, 2.75) is 4.90 Å². The van der Waals surface area contributed by atoms with Crippen molar-refractivity contribution in [1.29, 1.82) is 0 Å². The van der Waals surface area contributed by atoms with Crippen LogP contribution in [0.15, 0.2) is 23.1 Å². The number of aromatic carboxylic acids is 1. The summed E-state index contributed by atoms with van der Waals surface area (Å²) in [6.07, 6.45) is 6.86. The number of ether oxygens (including phenoxy) is 1. The molecular weight excluding hydrogens is 212 g/mol. The van der Waals surface area contributed by atoms with Crippen molar-refractivity contribution in [3.63, 3.8) is 0 Å². The summed E-state index contributed by atoms with van der Waals surface area (Å²) in [5, 5.41) is 9.03. The molecule has 0 heterocycles. The minimum absolute atomic E-state index is 0.0676. The smallest absolute Gasteiger partial charge is 0.340 e. The van der Waals surface area contributed by atoms with Crippen molar-refractivity contribution in [3.8, 4) is 18.1 Å². The zero-order chi connectivity index (χ0) is 11.3. The molecule has 0 saturated carbocycles. The Morgan fingerprint density at radius 1 is 1.67 bits per heavy atom. The van der Waals surface area contributed by atoms with Crippen molar-refractivity contribution in [1.82, 2.24) is 0 Å². The van der Waals surface area contributed by atoms with Gasteiger partial charge in [0.1, 0.15) is 17.9 Å². The minimum atomic E-state index is -1.01. The van der Waals surface area contributed by atoms with E-state index in [2.05, 4.69) is 5.92 Å². The highest BCUT2D eigenvalue weighted by atomic mass is 32.2. The van der Waals surface area contributed by atoms with Gasteiger partial charge in [0.15, 0.2) is 0 Å². The lowest BCUT2D eigenvalue weighted by Crippen LogP contribution is -2.04. The minimum Gasteiger partial charge on any atom is -0.480 e. The second kappa shape index (κ2) is 5.32. The first-order valence-corrected chi connectivity index (χ1v) is 5.39. The van der Waals surface area contributed by atoms with Gasteiger partial charge in [0.05, 0.1) is 0 Å². The summed E-state index contributed by atoms with van der Waals surface area (Å²) in [5.74, 6) is 1.60. The number of carbonyl (C=O) groups is 1. The van der Waals surface area contributed by atoms with Crippen LogP contribution in [0.5, 0.6) is 5.75 Å². The molecule has 1 N–H and O–H groups in total. The first-order valence-electron chi connectivity index (χ1n) is 4.17. The fraction of sp³-hybridized carbons (Fsp3) is 0.182. The maximum atomic E-state index is 11.0. The lowest BCUT2D eigenvalue weighted by atomic mass is 10.2. The van der Waals surface area contributed by atoms with Gasteiger partial charge in [-0.2, -0.15) is 0 Å². The van der Waals surface area contributed by atoms with Crippen LogP contribution in [0, 0.1) is 12.3 Å². The molecule has 0 unspecified atom stereocenters. The summed E-state index contributed by atoms with van der Waals surface area (Å²) in [7, 11) is 0. The molecule has 0 atom stereocenters. The van der Waals surface area contributed by atoms with Crippen molar-refractivity contribution < 1.29 is 14.6 Å². The van der Waals surface area contributed by atoms with Gasteiger partial charge in [0.25, 0.3) is 0 Å². The number of carboxylic acid groups (broad SMARTS) is 1. The van der Waals surface area contributed by atoms with Crippen LogP contribution in [-0.4, -0.2) is 23.9 Å². The second-order valence-electron chi connectivity index (χ2n) is 2.63. The highest BCUT2D eigenvalue weighted by molar-refractivity contribution is 7.98. The number of thioether (sulfide) groups is 1. The van der Waals surface area contributed by atoms with E-state index in [1.54, 1.807) is 18.2 Å². The quantitative estimate of drug-likeness (QED) is 0.626. The van der Waals surface area contributed by atoms with E-state index in [0.29, 0.717) is 10.6 Å². The lowest BCUT2D eigenvalue weighted by Gasteiger charge is -2.09. The first kappa shape index (κ1) is 11.5. The van der Waals surface area contributed by atoms with Gasteiger partial charge in [-0.3, -0.25) is 0 Å². The summed E-state index contributed by atoms with van der Waals surface area (Å²) in [6, 6.07) is 5.07. The molecule has 1 rings (SSSR count). The molecule has 78 valence electrons. The molecule has 0 amide bonds. The Labute approximate surface area is 92.4 Å². The topological polar surface area (TPSA) is 46.5 Å². The van der Waals surface area contributed by atoms with Crippen LogP contribution in [0.1, 0.15) is 10.4 Å². The van der Waals surface area contributed by atoms with E-state index in [9.17, 15) is 4.79 Å². The van der Waals surface area contributed by atoms with Crippen LogP contribution in [0.3, 0.4) is 0 Å². The number of hydrogen-bond acceptors (Lipinski definition) is 3. The van der Waals surface area contributed by atoms with Crippen molar-refractivity contribution in [2.75, 3.05) is 12.9 Å². The molecule has 0 saturated heterocycles. The van der Waals surface area contributed by atoms with Gasteiger partial charge < -0.3 is 9.84 Å². The van der Waals surface area contributed by atoms with Crippen molar-refractivity contribution >= 4 is 17.7 Å². The van der Waals surface area contributed by atoms with Gasteiger partial charge in [-0.05, 0) is 18.4 Å². The average molecular weight is 222 g/mol. The standard InChI is InChI=1S/C11H10O3S/c1-3-7-14-8-5-4-6-9(15-2)10(8)11(12)13/h1,4-6H,7H2,2H3,(H,12,13). The number of benzene rings is 1. The molecule has 0 aliphatic rings. The monoisotopic (exact) mass is 222 g/mol. The number of carboxylic acids is 1. The van der Waals surface area contributed by atoms with E-state index < -0.39 is 5.97 Å². The van der Waals surface area contributed by atoms with Crippen molar-refractivity contribution in [2.24, 2.45) is 0 Å². The molecule has 0 radical (unpaired) electrons. The third-order valence-corrected chi connectivity index (χ3v) is 2.51. The summed E-state index contributed by atoms with van der Waals surface area (Å²) in [5.41, 5.74) is 0.167. The van der Waals surface area contributed by atoms with Crippen LogP contribution < -0.4 is 4.74 Å². The fourth-order valence-corrected chi connectivity index (χ4v) is 1.74. The maximum absolute atomic E-state index is 11.0. The zero-order valence-electron chi connectivity index (χ0n) is 8.19. The van der Waals surface area contributed by atoms with E-state index >= 15 is 0 Å². The average Bonchev–Trinajstić information content (AvgIpc) is 2.25. The lowest BCUT2D eigenvalue weighted by molar-refractivity contribution is 0.0689. The molecule has 1 aromatic carbocycles. The van der Waals surface area contributed by atoms with Crippen LogP contribution in [0.4, 0.5) is 0 Å². The van der Waals surface area contributed by atoms with Gasteiger partial charge in [-0.1, -0.05) is 12.0 Å². The van der Waals surface area contributed by atoms with E-state index in [0.717, 1.165) is 0 Å². The molecule has 0 aliphatic carbocycles. The Balaban J connectivity index is 3.14. The van der Waals surface area contributed by atoms with E-state index in [4.69, 9.17) is 16.3 Å². The Hall–Kier alpha value is -1.60. The fourth-order valence-electron chi connectivity index (χ4n) is 1.13. The number of rotatable bonds is 4. The molecule has 0 aromatic heterocycles. The predicted octanol–water partition coefficient (Wildman–Crippen LogP) is 2.12. The van der Waals surface area contributed by atoms with Crippen LogP contribution in [-0.2, 0) is 0 Å². The summed E-state index contributed by atoms with van der Waals surface area (Å²) >= 11 is 1.36. The third kappa shape index (κ3) is 2.67. The van der Waals surface area contributed by atoms with Gasteiger partial charge >= 0.3 is 5.97 Å². The molecule has 3 nitrogen and oxygen atoms in total. The van der Waals surface area contributed by atoms with Gasteiger partial charge in [-0.15, -0.1) is 18.2 Å². The highest BCUT2D eigenvalue weighted by Crippen LogP contribution is 2.28. The summed E-state index contributed by atoms with van der Waals surface area (Å²) in [6.45, 7) is 0.0676. The Kier molecular flexibility index (Phi) is 4.07. The Bertz CT molecular complexity index is 407. The molecule has 4 heteroatoms. The third-order valence-electron chi connectivity index (χ3n) is 1.73. The molecule has 0 spiro atoms. The van der Waals surface area contributed by atoms with E-state index in [1.807, 2.05) is 6.26 Å². The molecule has 0 fully saturated rings. The molecular formula is C11H10O3S. The van der Waals surface area contributed by atoms with Crippen LogP contribution in [0.25, 0.3) is 0 Å². The van der Waals surface area contributed by atoms with Gasteiger partial charge in [0, 0.05) is 4.90 Å². The number of hydrogen-bond donors (Lipinski definition) is 1. The summed E-state index contributed by atoms with van der Waals surface area (Å²) in [4.78, 5) is 11.7. The van der Waals surface area contributed by atoms with Gasteiger partial charge in [0.2, 0.25) is 0 Å². The largest absolute Gasteiger partial charge is 0.480 e. The molecule has 1 aromatic rings. The molecule has 0 bridgehead atoms. The van der Waals surface area contributed by atoms with Gasteiger partial charge in [-0.25, -0.2) is 4.79 Å². The molecule has 0 aliphatic heterocycles. The van der Waals surface area contributed by atoms with Crippen molar-refractivity contribution in [3.05, 3.63) is 23.8 Å². The van der Waals surface area contributed by atoms with E-state index in [-0.39, 0.29) is 12.2 Å². The highest BCUT2D eigenvalue weighted by Gasteiger charge is 2.15. The summed E-state index contributed by atoms with van der Waals surface area (Å²) < 4.78 is 5.16. The maximum Gasteiger partial charge on any atom is 0.340 e. The number of terminal acetylenes is 1. The SMILES string of the molecule is C#CCOc1cccc(SC)c1C(=O)O. The Morgan fingerprint density at radius 2 is 2.40 bits per heavy atom. The second-order valence-corrected chi connectivity index (χ2v) is 3.48. The Morgan fingerprint density at radius 3 is 2.93 bits per heavy atom.